The number of hydrogen-bond donors (Lipinski definition) is 2. The molecule has 2 aromatic heterocycles. The summed E-state index contributed by atoms with van der Waals surface area (Å²) in [6.45, 7) is 0. The second-order valence-corrected chi connectivity index (χ2v) is 3.81. The molecule has 0 fully saturated rings. The molecule has 0 aliphatic rings. The molecule has 0 bridgehead atoms. The number of hydrogen-bond acceptors (Lipinski definition) is 4. The van der Waals surface area contributed by atoms with Gasteiger partial charge in [-0.2, -0.15) is 5.10 Å². The molecule has 2 N–H and O–H groups in total. The van der Waals surface area contributed by atoms with E-state index in [1.54, 1.807) is 12.3 Å². The normalized spacial score (nSPS) is 11.2. The molecule has 1 amide bonds. The molecule has 0 atom stereocenters. The summed E-state index contributed by atoms with van der Waals surface area (Å²) in [5, 5.41) is 8.97. The highest BCUT2D eigenvalue weighted by Crippen LogP contribution is 2.15. The lowest BCUT2D eigenvalue weighted by molar-refractivity contribution is -0.111. The van der Waals surface area contributed by atoms with Crippen LogP contribution >= 0.6 is 0 Å². The summed E-state index contributed by atoms with van der Waals surface area (Å²) in [6, 6.07) is 9.08. The first-order chi connectivity index (χ1) is 9.31. The van der Waals surface area contributed by atoms with Crippen molar-refractivity contribution >= 4 is 28.9 Å². The Morgan fingerprint density at radius 1 is 1.32 bits per heavy atom. The lowest BCUT2D eigenvalue weighted by atomic mass is 10.3. The highest BCUT2D eigenvalue weighted by molar-refractivity contribution is 6.01. The number of carbonyl (C=O) groups excluding carboxylic acids is 1. The minimum atomic E-state index is -0.286. The number of anilines is 1. The van der Waals surface area contributed by atoms with Gasteiger partial charge in [-0.05, 0) is 12.1 Å². The highest BCUT2D eigenvalue weighted by Gasteiger charge is 2.03. The largest absolute Gasteiger partial charge is 0.437 e. The predicted molar refractivity (Wildman–Crippen MR) is 70.3 cm³/mol. The molecule has 0 saturated carbocycles. The SMILES string of the molecule is O=C(/C=C/c1nc2ccccc2o1)Nc1ccn[nH]1. The minimum absolute atomic E-state index is 0.286. The smallest absolute Gasteiger partial charge is 0.249 e. The van der Waals surface area contributed by atoms with E-state index in [1.165, 1.54) is 12.2 Å². The fourth-order valence-corrected chi connectivity index (χ4v) is 1.61. The van der Waals surface area contributed by atoms with Crippen molar-refractivity contribution in [3.63, 3.8) is 0 Å². The number of oxazole rings is 1. The maximum absolute atomic E-state index is 11.6. The van der Waals surface area contributed by atoms with Gasteiger partial charge < -0.3 is 9.73 Å². The summed E-state index contributed by atoms with van der Waals surface area (Å²) in [4.78, 5) is 15.8. The molecule has 94 valence electrons. The number of benzene rings is 1. The van der Waals surface area contributed by atoms with E-state index in [0.717, 1.165) is 5.52 Å². The number of carbonyl (C=O) groups is 1. The molecule has 0 aliphatic carbocycles. The van der Waals surface area contributed by atoms with Crippen molar-refractivity contribution in [3.05, 3.63) is 48.5 Å². The van der Waals surface area contributed by atoms with Gasteiger partial charge in [0.2, 0.25) is 11.8 Å². The van der Waals surface area contributed by atoms with E-state index in [9.17, 15) is 4.79 Å². The van der Waals surface area contributed by atoms with E-state index in [2.05, 4.69) is 20.5 Å². The van der Waals surface area contributed by atoms with Gasteiger partial charge >= 0.3 is 0 Å². The third kappa shape index (κ3) is 2.52. The third-order valence-electron chi connectivity index (χ3n) is 2.45. The average molecular weight is 254 g/mol. The van der Waals surface area contributed by atoms with E-state index in [4.69, 9.17) is 4.42 Å². The number of amides is 1. The van der Waals surface area contributed by atoms with Gasteiger partial charge in [-0.25, -0.2) is 4.98 Å². The van der Waals surface area contributed by atoms with Crippen molar-refractivity contribution < 1.29 is 9.21 Å². The van der Waals surface area contributed by atoms with Crippen LogP contribution in [-0.2, 0) is 4.79 Å². The molecule has 2 heterocycles. The highest BCUT2D eigenvalue weighted by atomic mass is 16.3. The second-order valence-electron chi connectivity index (χ2n) is 3.81. The zero-order valence-electron chi connectivity index (χ0n) is 9.83. The summed E-state index contributed by atoms with van der Waals surface area (Å²) in [6.07, 6.45) is 4.43. The van der Waals surface area contributed by atoms with Gasteiger partial charge in [0.15, 0.2) is 5.58 Å². The maximum atomic E-state index is 11.6. The first-order valence-electron chi connectivity index (χ1n) is 5.65. The van der Waals surface area contributed by atoms with Gasteiger partial charge in [0, 0.05) is 18.2 Å². The molecule has 1 aromatic carbocycles. The Bertz CT molecular complexity index is 695. The number of para-hydroxylation sites is 2. The predicted octanol–water partition coefficient (Wildman–Crippen LogP) is 2.20. The van der Waals surface area contributed by atoms with Crippen LogP contribution in [0.2, 0.25) is 0 Å². The Morgan fingerprint density at radius 2 is 2.21 bits per heavy atom. The quantitative estimate of drug-likeness (QED) is 0.702. The van der Waals surface area contributed by atoms with Crippen LogP contribution in [0.3, 0.4) is 0 Å². The maximum Gasteiger partial charge on any atom is 0.249 e. The van der Waals surface area contributed by atoms with E-state index in [-0.39, 0.29) is 5.91 Å². The Kier molecular flexibility index (Phi) is 2.82. The van der Waals surface area contributed by atoms with E-state index < -0.39 is 0 Å². The molecule has 0 radical (unpaired) electrons. The fraction of sp³-hybridized carbons (Fsp3) is 0. The van der Waals surface area contributed by atoms with Gasteiger partial charge in [-0.15, -0.1) is 0 Å². The Balaban J connectivity index is 1.73. The van der Waals surface area contributed by atoms with Crippen LogP contribution in [0.4, 0.5) is 5.82 Å². The molecule has 0 saturated heterocycles. The molecule has 6 nitrogen and oxygen atoms in total. The lowest BCUT2D eigenvalue weighted by Crippen LogP contribution is -2.07. The summed E-state index contributed by atoms with van der Waals surface area (Å²) in [7, 11) is 0. The molecule has 3 rings (SSSR count). The average Bonchev–Trinajstić information content (AvgIpc) is 3.04. The first-order valence-corrected chi connectivity index (χ1v) is 5.65. The van der Waals surface area contributed by atoms with Crippen molar-refractivity contribution in [1.29, 1.82) is 0 Å². The molecule has 0 spiro atoms. The van der Waals surface area contributed by atoms with Gasteiger partial charge in [0.25, 0.3) is 0 Å². The van der Waals surface area contributed by atoms with Crippen molar-refractivity contribution in [2.45, 2.75) is 0 Å². The van der Waals surface area contributed by atoms with Crippen LogP contribution < -0.4 is 5.32 Å². The topological polar surface area (TPSA) is 83.8 Å². The summed E-state index contributed by atoms with van der Waals surface area (Å²) < 4.78 is 5.46. The molecular weight excluding hydrogens is 244 g/mol. The molecule has 0 aliphatic heterocycles. The van der Waals surface area contributed by atoms with Gasteiger partial charge in [-0.1, -0.05) is 12.1 Å². The number of aromatic amines is 1. The monoisotopic (exact) mass is 254 g/mol. The summed E-state index contributed by atoms with van der Waals surface area (Å²) >= 11 is 0. The Hall–Kier alpha value is -2.89. The number of H-pyrrole nitrogens is 1. The van der Waals surface area contributed by atoms with Crippen molar-refractivity contribution in [3.8, 4) is 0 Å². The van der Waals surface area contributed by atoms with Crippen LogP contribution in [0, 0.1) is 0 Å². The lowest BCUT2D eigenvalue weighted by Gasteiger charge is -1.94. The Morgan fingerprint density at radius 3 is 3.00 bits per heavy atom. The van der Waals surface area contributed by atoms with Crippen molar-refractivity contribution in [2.24, 2.45) is 0 Å². The van der Waals surface area contributed by atoms with E-state index >= 15 is 0 Å². The standard InChI is InChI=1S/C13H10N4O2/c18-12(16-11-7-8-14-17-11)5-6-13-15-9-3-1-2-4-10(9)19-13/h1-8H,(H2,14,16,17,18)/b6-5+. The zero-order chi connectivity index (χ0) is 13.1. The van der Waals surface area contributed by atoms with E-state index in [0.29, 0.717) is 17.3 Å². The van der Waals surface area contributed by atoms with Crippen LogP contribution in [-0.4, -0.2) is 21.1 Å². The number of nitrogens with one attached hydrogen (secondary N) is 2. The number of nitrogens with zero attached hydrogens (tertiary/aromatic N) is 2. The third-order valence-corrected chi connectivity index (χ3v) is 2.45. The number of aromatic nitrogens is 3. The molecule has 6 heteroatoms. The van der Waals surface area contributed by atoms with Crippen LogP contribution in [0.25, 0.3) is 17.2 Å². The summed E-state index contributed by atoms with van der Waals surface area (Å²) in [5.74, 6) is 0.639. The van der Waals surface area contributed by atoms with Crippen LogP contribution in [0.1, 0.15) is 5.89 Å². The van der Waals surface area contributed by atoms with Gasteiger partial charge in [0.05, 0.1) is 6.20 Å². The number of rotatable bonds is 3. The number of fused-ring (bicyclic) bond motifs is 1. The molecular formula is C13H10N4O2. The fourth-order valence-electron chi connectivity index (χ4n) is 1.61. The van der Waals surface area contributed by atoms with E-state index in [1.807, 2.05) is 24.3 Å². The zero-order valence-corrected chi connectivity index (χ0v) is 9.83. The first kappa shape index (κ1) is 11.2. The minimum Gasteiger partial charge on any atom is -0.437 e. The molecule has 3 aromatic rings. The second kappa shape index (κ2) is 4.77. The van der Waals surface area contributed by atoms with Gasteiger partial charge in [0.1, 0.15) is 11.3 Å². The van der Waals surface area contributed by atoms with Crippen molar-refractivity contribution in [1.82, 2.24) is 15.2 Å². The van der Waals surface area contributed by atoms with Crippen molar-refractivity contribution in [2.75, 3.05) is 5.32 Å². The van der Waals surface area contributed by atoms with Crippen LogP contribution in [0.5, 0.6) is 0 Å². The summed E-state index contributed by atoms with van der Waals surface area (Å²) in [5.41, 5.74) is 1.45. The Labute approximate surface area is 108 Å². The molecule has 0 unspecified atom stereocenters. The van der Waals surface area contributed by atoms with Gasteiger partial charge in [-0.3, -0.25) is 9.89 Å². The molecule has 19 heavy (non-hydrogen) atoms. The van der Waals surface area contributed by atoms with Crippen LogP contribution in [0.15, 0.2) is 47.0 Å².